The Kier molecular flexibility index (Phi) is 5.85. The number of carbonyl (C=O) groups is 2. The van der Waals surface area contributed by atoms with E-state index in [0.29, 0.717) is 19.4 Å². The molecule has 1 amide bonds. The van der Waals surface area contributed by atoms with Gasteiger partial charge in [-0.15, -0.1) is 11.3 Å². The first kappa shape index (κ1) is 14.7. The van der Waals surface area contributed by atoms with Crippen molar-refractivity contribution in [3.8, 4) is 0 Å². The second-order valence-corrected chi connectivity index (χ2v) is 4.95. The largest absolute Gasteiger partial charge is 0.469 e. The summed E-state index contributed by atoms with van der Waals surface area (Å²) in [4.78, 5) is 25.6. The van der Waals surface area contributed by atoms with Crippen LogP contribution in [0.5, 0.6) is 0 Å². The first-order valence-corrected chi connectivity index (χ1v) is 6.86. The van der Waals surface area contributed by atoms with Gasteiger partial charge in [0.25, 0.3) is 5.91 Å². The van der Waals surface area contributed by atoms with Crippen LogP contribution in [0.25, 0.3) is 0 Å². The van der Waals surface area contributed by atoms with Crippen molar-refractivity contribution < 1.29 is 14.3 Å². The monoisotopic (exact) mass is 269 g/mol. The van der Waals surface area contributed by atoms with Gasteiger partial charge in [0.15, 0.2) is 0 Å². The molecule has 0 aliphatic carbocycles. The summed E-state index contributed by atoms with van der Waals surface area (Å²) < 4.78 is 4.56. The fraction of sp³-hybridized carbons (Fsp3) is 0.538. The first-order valence-electron chi connectivity index (χ1n) is 5.98. The highest BCUT2D eigenvalue weighted by atomic mass is 32.1. The van der Waals surface area contributed by atoms with Crippen molar-refractivity contribution in [3.05, 3.63) is 21.9 Å². The number of aryl methyl sites for hydroxylation is 1. The molecule has 0 aromatic carbocycles. The molecule has 0 aliphatic heterocycles. The summed E-state index contributed by atoms with van der Waals surface area (Å²) in [6.45, 7) is 2.60. The zero-order valence-corrected chi connectivity index (χ0v) is 11.9. The first-order chi connectivity index (χ1) is 8.60. The second-order valence-electron chi connectivity index (χ2n) is 4.03. The minimum absolute atomic E-state index is 0.0340. The van der Waals surface area contributed by atoms with Gasteiger partial charge in [-0.05, 0) is 29.9 Å². The topological polar surface area (TPSA) is 46.6 Å². The van der Waals surface area contributed by atoms with E-state index in [1.807, 2.05) is 18.4 Å². The van der Waals surface area contributed by atoms with E-state index < -0.39 is 0 Å². The molecule has 1 rings (SSSR count). The lowest BCUT2D eigenvalue weighted by Gasteiger charge is -2.16. The summed E-state index contributed by atoms with van der Waals surface area (Å²) in [5, 5.41) is 1.94. The SMILES string of the molecule is CCc1ccsc1C(=O)N(C)CCCC(=O)OC. The van der Waals surface area contributed by atoms with Crippen molar-refractivity contribution in [2.45, 2.75) is 26.2 Å². The average Bonchev–Trinajstić information content (AvgIpc) is 2.85. The highest BCUT2D eigenvalue weighted by Gasteiger charge is 2.16. The van der Waals surface area contributed by atoms with Crippen LogP contribution in [0.4, 0.5) is 0 Å². The molecule has 0 N–H and O–H groups in total. The molecule has 0 fully saturated rings. The summed E-state index contributed by atoms with van der Waals surface area (Å²) in [5.41, 5.74) is 1.09. The number of hydrogen-bond acceptors (Lipinski definition) is 4. The molecule has 1 heterocycles. The van der Waals surface area contributed by atoms with E-state index in [1.54, 1.807) is 11.9 Å². The zero-order chi connectivity index (χ0) is 13.5. The van der Waals surface area contributed by atoms with Crippen LogP contribution in [-0.4, -0.2) is 37.5 Å². The number of carbonyl (C=O) groups excluding carboxylic acids is 2. The molecule has 0 atom stereocenters. The Hall–Kier alpha value is -1.36. The molecular weight excluding hydrogens is 250 g/mol. The van der Waals surface area contributed by atoms with E-state index in [0.717, 1.165) is 16.9 Å². The van der Waals surface area contributed by atoms with Crippen molar-refractivity contribution in [2.24, 2.45) is 0 Å². The van der Waals surface area contributed by atoms with Crippen LogP contribution in [0.1, 0.15) is 35.0 Å². The zero-order valence-electron chi connectivity index (χ0n) is 11.1. The molecule has 5 heteroatoms. The molecule has 4 nitrogen and oxygen atoms in total. The fourth-order valence-corrected chi connectivity index (χ4v) is 2.63. The summed E-state index contributed by atoms with van der Waals surface area (Å²) >= 11 is 1.47. The van der Waals surface area contributed by atoms with Gasteiger partial charge in [-0.1, -0.05) is 6.92 Å². The Morgan fingerprint density at radius 2 is 2.17 bits per heavy atom. The number of methoxy groups -OCH3 is 1. The third kappa shape index (κ3) is 3.84. The Morgan fingerprint density at radius 3 is 2.78 bits per heavy atom. The smallest absolute Gasteiger partial charge is 0.305 e. The highest BCUT2D eigenvalue weighted by molar-refractivity contribution is 7.12. The molecule has 0 saturated heterocycles. The Morgan fingerprint density at radius 1 is 1.44 bits per heavy atom. The Labute approximate surface area is 112 Å². The van der Waals surface area contributed by atoms with Crippen molar-refractivity contribution in [2.75, 3.05) is 20.7 Å². The fourth-order valence-electron chi connectivity index (χ4n) is 1.64. The molecular formula is C13H19NO3S. The van der Waals surface area contributed by atoms with Crippen molar-refractivity contribution in [3.63, 3.8) is 0 Å². The van der Waals surface area contributed by atoms with Crippen LogP contribution in [0, 0.1) is 0 Å². The minimum Gasteiger partial charge on any atom is -0.469 e. The number of ether oxygens (including phenoxy) is 1. The van der Waals surface area contributed by atoms with Crippen LogP contribution < -0.4 is 0 Å². The number of amides is 1. The Balaban J connectivity index is 2.49. The van der Waals surface area contributed by atoms with Gasteiger partial charge in [0.05, 0.1) is 12.0 Å². The molecule has 0 spiro atoms. The molecule has 1 aromatic heterocycles. The third-order valence-corrected chi connectivity index (χ3v) is 3.72. The van der Waals surface area contributed by atoms with Gasteiger partial charge >= 0.3 is 5.97 Å². The van der Waals surface area contributed by atoms with Gasteiger partial charge in [0.2, 0.25) is 0 Å². The predicted octanol–water partition coefficient (Wildman–Crippen LogP) is 2.34. The Bertz CT molecular complexity index is 414. The van der Waals surface area contributed by atoms with Crippen molar-refractivity contribution in [1.29, 1.82) is 0 Å². The van der Waals surface area contributed by atoms with Gasteiger partial charge in [-0.25, -0.2) is 0 Å². The number of esters is 1. The summed E-state index contributed by atoms with van der Waals surface area (Å²) in [7, 11) is 3.13. The maximum atomic E-state index is 12.2. The maximum Gasteiger partial charge on any atom is 0.305 e. The number of nitrogens with zero attached hydrogens (tertiary/aromatic N) is 1. The van der Waals surface area contributed by atoms with E-state index in [4.69, 9.17) is 0 Å². The number of rotatable bonds is 6. The highest BCUT2D eigenvalue weighted by Crippen LogP contribution is 2.19. The molecule has 100 valence electrons. The maximum absolute atomic E-state index is 12.2. The molecule has 0 bridgehead atoms. The minimum atomic E-state index is -0.235. The average molecular weight is 269 g/mol. The van der Waals surface area contributed by atoms with E-state index in [-0.39, 0.29) is 11.9 Å². The standard InChI is InChI=1S/C13H19NO3S/c1-4-10-7-9-18-12(10)13(16)14(2)8-5-6-11(15)17-3/h7,9H,4-6,8H2,1-3H3. The molecule has 0 radical (unpaired) electrons. The van der Waals surface area contributed by atoms with Gasteiger partial charge < -0.3 is 9.64 Å². The van der Waals surface area contributed by atoms with Crippen LogP contribution >= 0.6 is 11.3 Å². The summed E-state index contributed by atoms with van der Waals surface area (Å²) in [5.74, 6) is -0.201. The number of thiophene rings is 1. The predicted molar refractivity (Wildman–Crippen MR) is 71.9 cm³/mol. The van der Waals surface area contributed by atoms with Crippen LogP contribution in [0.3, 0.4) is 0 Å². The van der Waals surface area contributed by atoms with Gasteiger partial charge in [0.1, 0.15) is 0 Å². The second kappa shape index (κ2) is 7.16. The summed E-state index contributed by atoms with van der Waals surface area (Å²) in [6, 6.07) is 1.99. The normalized spacial score (nSPS) is 10.2. The van der Waals surface area contributed by atoms with Crippen molar-refractivity contribution >= 4 is 23.2 Å². The molecule has 0 unspecified atom stereocenters. The van der Waals surface area contributed by atoms with E-state index in [1.165, 1.54) is 18.4 Å². The lowest BCUT2D eigenvalue weighted by Crippen LogP contribution is -2.28. The van der Waals surface area contributed by atoms with Crippen LogP contribution in [0.2, 0.25) is 0 Å². The molecule has 1 aromatic rings. The van der Waals surface area contributed by atoms with Gasteiger partial charge in [-0.2, -0.15) is 0 Å². The quantitative estimate of drug-likeness (QED) is 0.745. The van der Waals surface area contributed by atoms with Crippen molar-refractivity contribution in [1.82, 2.24) is 4.90 Å². The number of hydrogen-bond donors (Lipinski definition) is 0. The lowest BCUT2D eigenvalue weighted by molar-refractivity contribution is -0.140. The van der Waals surface area contributed by atoms with Gasteiger partial charge in [-0.3, -0.25) is 9.59 Å². The third-order valence-electron chi connectivity index (χ3n) is 2.77. The van der Waals surface area contributed by atoms with Crippen LogP contribution in [-0.2, 0) is 16.0 Å². The van der Waals surface area contributed by atoms with Crippen LogP contribution in [0.15, 0.2) is 11.4 Å². The van der Waals surface area contributed by atoms with Gasteiger partial charge in [0, 0.05) is 20.0 Å². The summed E-state index contributed by atoms with van der Waals surface area (Å²) in [6.07, 6.45) is 1.83. The lowest BCUT2D eigenvalue weighted by atomic mass is 10.2. The van der Waals surface area contributed by atoms with E-state index in [9.17, 15) is 9.59 Å². The van der Waals surface area contributed by atoms with E-state index >= 15 is 0 Å². The molecule has 0 aliphatic rings. The molecule has 18 heavy (non-hydrogen) atoms. The van der Waals surface area contributed by atoms with E-state index in [2.05, 4.69) is 4.74 Å². The molecule has 0 saturated carbocycles.